The summed E-state index contributed by atoms with van der Waals surface area (Å²) >= 11 is 0. The highest BCUT2D eigenvalue weighted by molar-refractivity contribution is 5.29. The van der Waals surface area contributed by atoms with E-state index in [9.17, 15) is 0 Å². The molecule has 2 rings (SSSR count). The molecule has 0 saturated carbocycles. The van der Waals surface area contributed by atoms with Crippen molar-refractivity contribution in [1.82, 2.24) is 4.90 Å². The lowest BCUT2D eigenvalue weighted by atomic mass is 10.0. The number of likely N-dealkylation sites (tertiary alicyclic amines) is 1. The summed E-state index contributed by atoms with van der Waals surface area (Å²) in [6, 6.07) is 8.84. The molecule has 0 radical (unpaired) electrons. The summed E-state index contributed by atoms with van der Waals surface area (Å²) in [6.45, 7) is 4.89. The Bertz CT molecular complexity index is 367. The van der Waals surface area contributed by atoms with Crippen LogP contribution in [0.1, 0.15) is 23.6 Å². The molecule has 0 bridgehead atoms. The standard InChI is InChI=1S/C14H22N2O/c1-11-5-3-4-6-13(11)14(9-15)16-8-7-12(10-16)17-2/h3-6,12,14H,7-10,15H2,1-2H3. The smallest absolute Gasteiger partial charge is 0.0710 e. The molecular formula is C14H22N2O. The minimum atomic E-state index is 0.330. The minimum absolute atomic E-state index is 0.330. The molecule has 0 spiro atoms. The highest BCUT2D eigenvalue weighted by Crippen LogP contribution is 2.27. The van der Waals surface area contributed by atoms with Gasteiger partial charge in [0.25, 0.3) is 0 Å². The second kappa shape index (κ2) is 5.63. The highest BCUT2D eigenvalue weighted by Gasteiger charge is 2.28. The first-order valence-electron chi connectivity index (χ1n) is 6.28. The Morgan fingerprint density at radius 1 is 1.47 bits per heavy atom. The van der Waals surface area contributed by atoms with Gasteiger partial charge in [0.15, 0.2) is 0 Å². The fourth-order valence-corrected chi connectivity index (χ4v) is 2.66. The Balaban J connectivity index is 2.15. The molecule has 1 heterocycles. The average Bonchev–Trinajstić information content (AvgIpc) is 2.81. The van der Waals surface area contributed by atoms with Crippen LogP contribution in [0.4, 0.5) is 0 Å². The van der Waals surface area contributed by atoms with E-state index in [2.05, 4.69) is 36.1 Å². The third kappa shape index (κ3) is 2.68. The number of methoxy groups -OCH3 is 1. The molecule has 1 fully saturated rings. The van der Waals surface area contributed by atoms with Crippen molar-refractivity contribution in [3.63, 3.8) is 0 Å². The summed E-state index contributed by atoms with van der Waals surface area (Å²) in [5, 5.41) is 0. The van der Waals surface area contributed by atoms with Crippen molar-refractivity contribution in [3.05, 3.63) is 35.4 Å². The number of nitrogens with two attached hydrogens (primary N) is 1. The summed E-state index contributed by atoms with van der Waals surface area (Å²) in [4.78, 5) is 2.44. The maximum Gasteiger partial charge on any atom is 0.0710 e. The van der Waals surface area contributed by atoms with Crippen LogP contribution in [0.25, 0.3) is 0 Å². The summed E-state index contributed by atoms with van der Waals surface area (Å²) < 4.78 is 5.42. The summed E-state index contributed by atoms with van der Waals surface area (Å²) in [7, 11) is 1.79. The molecule has 1 aromatic rings. The van der Waals surface area contributed by atoms with Gasteiger partial charge in [-0.2, -0.15) is 0 Å². The Morgan fingerprint density at radius 2 is 2.24 bits per heavy atom. The van der Waals surface area contributed by atoms with Gasteiger partial charge in [0, 0.05) is 32.8 Å². The van der Waals surface area contributed by atoms with Gasteiger partial charge in [-0.3, -0.25) is 4.90 Å². The van der Waals surface area contributed by atoms with Gasteiger partial charge in [-0.25, -0.2) is 0 Å². The number of ether oxygens (including phenoxy) is 1. The number of hydrogen-bond acceptors (Lipinski definition) is 3. The fraction of sp³-hybridized carbons (Fsp3) is 0.571. The molecule has 3 nitrogen and oxygen atoms in total. The van der Waals surface area contributed by atoms with Crippen LogP contribution in [0.2, 0.25) is 0 Å². The van der Waals surface area contributed by atoms with E-state index < -0.39 is 0 Å². The number of benzene rings is 1. The molecule has 0 amide bonds. The second-order valence-corrected chi connectivity index (χ2v) is 4.75. The lowest BCUT2D eigenvalue weighted by molar-refractivity contribution is 0.101. The zero-order chi connectivity index (χ0) is 12.3. The van der Waals surface area contributed by atoms with Crippen LogP contribution in [-0.4, -0.2) is 37.7 Å². The SMILES string of the molecule is COC1CCN(C(CN)c2ccccc2C)C1. The van der Waals surface area contributed by atoms with E-state index in [-0.39, 0.29) is 0 Å². The first kappa shape index (κ1) is 12.6. The Hall–Kier alpha value is -0.900. The van der Waals surface area contributed by atoms with Gasteiger partial charge in [-0.15, -0.1) is 0 Å². The molecule has 3 heteroatoms. The second-order valence-electron chi connectivity index (χ2n) is 4.75. The quantitative estimate of drug-likeness (QED) is 0.862. The Morgan fingerprint density at radius 3 is 2.82 bits per heavy atom. The molecule has 1 saturated heterocycles. The molecule has 2 atom stereocenters. The highest BCUT2D eigenvalue weighted by atomic mass is 16.5. The maximum absolute atomic E-state index is 5.96. The van der Waals surface area contributed by atoms with Crippen LogP contribution in [0.15, 0.2) is 24.3 Å². The first-order valence-corrected chi connectivity index (χ1v) is 6.28. The fourth-order valence-electron chi connectivity index (χ4n) is 2.66. The van der Waals surface area contributed by atoms with Crippen LogP contribution in [0.3, 0.4) is 0 Å². The van der Waals surface area contributed by atoms with Crippen molar-refractivity contribution >= 4 is 0 Å². The molecule has 1 aliphatic heterocycles. The van der Waals surface area contributed by atoms with Gasteiger partial charge in [-0.1, -0.05) is 24.3 Å². The predicted octanol–water partition coefficient (Wildman–Crippen LogP) is 1.72. The van der Waals surface area contributed by atoms with E-state index in [1.807, 2.05) is 0 Å². The molecule has 1 aromatic carbocycles. The summed E-state index contributed by atoms with van der Waals surface area (Å²) in [5.41, 5.74) is 8.63. The number of rotatable bonds is 4. The zero-order valence-electron chi connectivity index (χ0n) is 10.7. The molecule has 17 heavy (non-hydrogen) atoms. The van der Waals surface area contributed by atoms with Gasteiger partial charge < -0.3 is 10.5 Å². The molecule has 0 aromatic heterocycles. The van der Waals surface area contributed by atoms with Gasteiger partial charge >= 0.3 is 0 Å². The number of hydrogen-bond donors (Lipinski definition) is 1. The third-order valence-corrected chi connectivity index (χ3v) is 3.72. The van der Waals surface area contributed by atoms with Crippen LogP contribution in [0, 0.1) is 6.92 Å². The Kier molecular flexibility index (Phi) is 4.15. The predicted molar refractivity (Wildman–Crippen MR) is 70.0 cm³/mol. The molecular weight excluding hydrogens is 212 g/mol. The monoisotopic (exact) mass is 234 g/mol. The van der Waals surface area contributed by atoms with E-state index in [1.54, 1.807) is 7.11 Å². The molecule has 2 unspecified atom stereocenters. The van der Waals surface area contributed by atoms with Gasteiger partial charge in [0.1, 0.15) is 0 Å². The lowest BCUT2D eigenvalue weighted by Gasteiger charge is -2.28. The van der Waals surface area contributed by atoms with Crippen LogP contribution < -0.4 is 5.73 Å². The average molecular weight is 234 g/mol. The summed E-state index contributed by atoms with van der Waals surface area (Å²) in [6.07, 6.45) is 1.48. The zero-order valence-corrected chi connectivity index (χ0v) is 10.7. The van der Waals surface area contributed by atoms with E-state index in [0.717, 1.165) is 19.5 Å². The van der Waals surface area contributed by atoms with Crippen LogP contribution in [0.5, 0.6) is 0 Å². The van der Waals surface area contributed by atoms with Crippen LogP contribution in [-0.2, 0) is 4.74 Å². The Labute approximate surface area is 104 Å². The van der Waals surface area contributed by atoms with Crippen molar-refractivity contribution in [2.24, 2.45) is 5.73 Å². The number of aryl methyl sites for hydroxylation is 1. The van der Waals surface area contributed by atoms with Crippen LogP contribution >= 0.6 is 0 Å². The van der Waals surface area contributed by atoms with Crippen molar-refractivity contribution in [1.29, 1.82) is 0 Å². The normalized spacial score (nSPS) is 22.9. The van der Waals surface area contributed by atoms with E-state index in [1.165, 1.54) is 11.1 Å². The van der Waals surface area contributed by atoms with Crippen molar-refractivity contribution in [2.45, 2.75) is 25.5 Å². The minimum Gasteiger partial charge on any atom is -0.380 e. The van der Waals surface area contributed by atoms with E-state index in [0.29, 0.717) is 18.7 Å². The lowest BCUT2D eigenvalue weighted by Crippen LogP contribution is -2.33. The van der Waals surface area contributed by atoms with Gasteiger partial charge in [0.2, 0.25) is 0 Å². The summed E-state index contributed by atoms with van der Waals surface area (Å²) in [5.74, 6) is 0. The third-order valence-electron chi connectivity index (χ3n) is 3.72. The van der Waals surface area contributed by atoms with E-state index in [4.69, 9.17) is 10.5 Å². The van der Waals surface area contributed by atoms with Crippen molar-refractivity contribution < 1.29 is 4.74 Å². The molecule has 0 aliphatic carbocycles. The largest absolute Gasteiger partial charge is 0.380 e. The van der Waals surface area contributed by atoms with Gasteiger partial charge in [0.05, 0.1) is 6.10 Å². The molecule has 2 N–H and O–H groups in total. The number of nitrogens with zero attached hydrogens (tertiary/aromatic N) is 1. The van der Waals surface area contributed by atoms with Gasteiger partial charge in [-0.05, 0) is 24.5 Å². The van der Waals surface area contributed by atoms with Crippen molar-refractivity contribution in [3.8, 4) is 0 Å². The molecule has 94 valence electrons. The molecule has 1 aliphatic rings. The first-order chi connectivity index (χ1) is 8.26. The van der Waals surface area contributed by atoms with E-state index >= 15 is 0 Å². The van der Waals surface area contributed by atoms with Crippen molar-refractivity contribution in [2.75, 3.05) is 26.7 Å². The maximum atomic E-state index is 5.96. The topological polar surface area (TPSA) is 38.5 Å².